The largest absolute Gasteiger partial charge is 0.370 e. The van der Waals surface area contributed by atoms with Gasteiger partial charge in [0.1, 0.15) is 59.9 Å². The van der Waals surface area contributed by atoms with Gasteiger partial charge in [-0.3, -0.25) is 67.3 Å². The second-order valence-corrected chi connectivity index (χ2v) is 28.5. The van der Waals surface area contributed by atoms with Gasteiger partial charge in [-0.05, 0) is 132 Å². The van der Waals surface area contributed by atoms with E-state index < -0.39 is 168 Å². The second-order valence-electron chi connectivity index (χ2n) is 28.5. The van der Waals surface area contributed by atoms with Gasteiger partial charge in [0.15, 0.2) is 5.96 Å². The molecule has 0 radical (unpaired) electrons. The summed E-state index contributed by atoms with van der Waals surface area (Å²) < 4.78 is 0. The topological polar surface area (TPSA) is 517 Å². The molecule has 32 nitrogen and oxygen atoms in total. The van der Waals surface area contributed by atoms with Crippen molar-refractivity contribution in [1.29, 1.82) is 0 Å². The van der Waals surface area contributed by atoms with Crippen molar-refractivity contribution in [2.24, 2.45) is 51.0 Å². The number of nitrogens with zero attached hydrogens (tertiary/aromatic N) is 5. The number of primary amides is 3. The van der Waals surface area contributed by atoms with E-state index in [1.54, 1.807) is 66.9 Å². The van der Waals surface area contributed by atoms with Crippen molar-refractivity contribution in [3.05, 3.63) is 108 Å². The molecule has 4 saturated heterocycles. The summed E-state index contributed by atoms with van der Waals surface area (Å²) in [4.78, 5) is 198. The quantitative estimate of drug-likeness (QED) is 0.0139. The standard InChI is InChI=1S/C74H105N19O13/c1-44(2)39-59(68(102)87-54(62(79)96)42-47-43-83-50-23-10-9-21-48(47)50)92-38-32-74(72(92)106)31-16-37-93(74)71(105)56(41-46-19-7-4-8-20-46)89-65(99)55(40-45-17-5-3-6-18-45)88-64(98)51(27-29-60(77)94)84-63(97)52(28-30-61(78)95)85-66(100)58-26-15-36-91(58)70(104)53(24-11-12-33-75)86-67(101)57-25-14-35-90(57)69(103)49(76)22-13-34-82-73(80)81/h3-10,17-21,23,43-44,49,51-59,83H,11-16,22,24-42,75-76H2,1-2H3,(H2,77,94)(H2,78,95)(H2,79,96)(H,84,97)(H,85,100)(H,86,101)(H,87,102)(H,88,98)(H,89,99)(H4,80,81,82)/t49-,51-,52-,53-,54-,55-,56-,57-,58-,59+,74-/m0/s1. The van der Waals surface area contributed by atoms with E-state index >= 15 is 14.4 Å². The maximum absolute atomic E-state index is 15.6. The summed E-state index contributed by atoms with van der Waals surface area (Å²) >= 11 is 0. The number of aromatic amines is 1. The van der Waals surface area contributed by atoms with Crippen LogP contribution in [0.25, 0.3) is 10.9 Å². The lowest BCUT2D eigenvalue weighted by atomic mass is 9.92. The average Bonchev–Trinajstić information content (AvgIpc) is 1.59. The van der Waals surface area contributed by atoms with Crippen LogP contribution < -0.4 is 72.0 Å². The molecule has 3 aromatic carbocycles. The van der Waals surface area contributed by atoms with Crippen molar-refractivity contribution in [2.45, 2.75) is 208 Å². The summed E-state index contributed by atoms with van der Waals surface area (Å²) in [6.07, 6.45) is 3.74. The minimum Gasteiger partial charge on any atom is -0.370 e. The van der Waals surface area contributed by atoms with Gasteiger partial charge >= 0.3 is 0 Å². The molecule has 0 unspecified atom stereocenters. The van der Waals surface area contributed by atoms with Crippen molar-refractivity contribution in [1.82, 2.24) is 56.5 Å². The van der Waals surface area contributed by atoms with Crippen LogP contribution in [0.1, 0.15) is 140 Å². The number of amides is 13. The first-order valence-corrected chi connectivity index (χ1v) is 36.8. The summed E-state index contributed by atoms with van der Waals surface area (Å²) in [6.45, 7) is 4.86. The summed E-state index contributed by atoms with van der Waals surface area (Å²) in [5.74, 6) is -9.69. The van der Waals surface area contributed by atoms with E-state index in [1.807, 2.05) is 38.1 Å². The van der Waals surface area contributed by atoms with Crippen LogP contribution >= 0.6 is 0 Å². The number of hydrogen-bond donors (Lipinski definition) is 14. The van der Waals surface area contributed by atoms with E-state index in [4.69, 9.17) is 40.1 Å². The molecule has 5 heterocycles. The minimum atomic E-state index is -1.65. The number of fused-ring (bicyclic) bond motifs is 1. The second kappa shape index (κ2) is 38.5. The highest BCUT2D eigenvalue weighted by atomic mass is 16.2. The van der Waals surface area contributed by atoms with Crippen LogP contribution in [0, 0.1) is 5.92 Å². The van der Waals surface area contributed by atoms with Crippen LogP contribution in [0.3, 0.4) is 0 Å². The van der Waals surface area contributed by atoms with Crippen LogP contribution in [0.15, 0.2) is 96.1 Å². The first-order chi connectivity index (χ1) is 50.7. The summed E-state index contributed by atoms with van der Waals surface area (Å²) in [5, 5.41) is 17.4. The van der Waals surface area contributed by atoms with Crippen molar-refractivity contribution >= 4 is 93.7 Å². The number of para-hydroxylation sites is 1. The molecule has 574 valence electrons. The summed E-state index contributed by atoms with van der Waals surface area (Å²) in [5.41, 5.74) is 41.5. The SMILES string of the molecule is CC(C)C[C@H](C(=O)N[C@@H](Cc1c[nH]c2ccccc12)C(N)=O)N1CC[C@@]2(CCCN2C(=O)[C@H](Cc2ccccc2)NC(=O)[C@H](Cc2ccccc2)NC(=O)[C@H](CCC(N)=O)NC(=O)[C@H](CCC(N)=O)NC(=O)[C@@H]2CCCN2C(=O)[C@H](CCCCN)NC(=O)[C@@H]2CCCN2C(=O)[C@@H](N)CCCN=C(N)N)C1=O. The zero-order valence-electron chi connectivity index (χ0n) is 60.5. The zero-order chi connectivity index (χ0) is 76.8. The lowest BCUT2D eigenvalue weighted by molar-refractivity contribution is -0.151. The third-order valence-electron chi connectivity index (χ3n) is 20.3. The molecule has 106 heavy (non-hydrogen) atoms. The van der Waals surface area contributed by atoms with E-state index in [1.165, 1.54) is 19.6 Å². The highest BCUT2D eigenvalue weighted by molar-refractivity contribution is 6.02. The number of carbonyl (C=O) groups excluding carboxylic acids is 13. The van der Waals surface area contributed by atoms with Gasteiger partial charge in [0.05, 0.1) is 6.04 Å². The van der Waals surface area contributed by atoms with Crippen LogP contribution in [0.4, 0.5) is 0 Å². The normalized spacial score (nSPS) is 19.3. The maximum atomic E-state index is 15.6. The monoisotopic (exact) mass is 1470 g/mol. The van der Waals surface area contributed by atoms with Gasteiger partial charge in [-0.15, -0.1) is 0 Å². The third-order valence-corrected chi connectivity index (χ3v) is 20.3. The highest BCUT2D eigenvalue weighted by Gasteiger charge is 2.58. The molecule has 4 aromatic rings. The minimum absolute atomic E-state index is 0.0734. The number of rotatable bonds is 39. The fourth-order valence-corrected chi connectivity index (χ4v) is 14.8. The lowest BCUT2D eigenvalue weighted by Gasteiger charge is -2.37. The Morgan fingerprint density at radius 1 is 0.547 bits per heavy atom. The maximum Gasteiger partial charge on any atom is 0.249 e. The molecule has 0 saturated carbocycles. The molecule has 1 aromatic heterocycles. The van der Waals surface area contributed by atoms with Gasteiger partial charge in [-0.1, -0.05) is 92.7 Å². The number of H-pyrrole nitrogens is 1. The number of hydrogen-bond acceptors (Lipinski definition) is 16. The number of likely N-dealkylation sites (tertiary alicyclic amines) is 4. The van der Waals surface area contributed by atoms with Gasteiger partial charge in [0, 0.05) is 81.9 Å². The van der Waals surface area contributed by atoms with Gasteiger partial charge in [-0.25, -0.2) is 0 Å². The molecule has 11 atom stereocenters. The number of unbranched alkanes of at least 4 members (excludes halogenated alkanes) is 1. The number of aliphatic imine (C=N–C) groups is 1. The Hall–Kier alpha value is -10.5. The molecule has 21 N–H and O–H groups in total. The van der Waals surface area contributed by atoms with E-state index in [2.05, 4.69) is 41.9 Å². The van der Waals surface area contributed by atoms with Crippen LogP contribution in [0.2, 0.25) is 0 Å². The first-order valence-electron chi connectivity index (χ1n) is 36.8. The third kappa shape index (κ3) is 21.6. The Kier molecular flexibility index (Phi) is 29.5. The average molecular weight is 1470 g/mol. The lowest BCUT2D eigenvalue weighted by Crippen LogP contribution is -2.62. The van der Waals surface area contributed by atoms with Crippen LogP contribution in [-0.4, -0.2) is 213 Å². The van der Waals surface area contributed by atoms with E-state index in [9.17, 15) is 47.9 Å². The molecule has 4 aliphatic rings. The molecule has 13 amide bonds. The van der Waals surface area contributed by atoms with E-state index in [-0.39, 0.29) is 109 Å². The van der Waals surface area contributed by atoms with Gasteiger partial charge in [-0.2, -0.15) is 0 Å². The fraction of sp³-hybridized carbons (Fsp3) is 0.541. The molecular weight excluding hydrogens is 1360 g/mol. The van der Waals surface area contributed by atoms with E-state index in [0.717, 1.165) is 16.5 Å². The summed E-state index contributed by atoms with van der Waals surface area (Å²) in [7, 11) is 0. The molecule has 8 rings (SSSR count). The molecule has 1 spiro atoms. The predicted octanol–water partition coefficient (Wildman–Crippen LogP) is -1.38. The molecule has 4 fully saturated rings. The zero-order valence-corrected chi connectivity index (χ0v) is 60.5. The Morgan fingerprint density at radius 3 is 1.67 bits per heavy atom. The molecule has 0 aliphatic carbocycles. The molecule has 32 heteroatoms. The van der Waals surface area contributed by atoms with Crippen molar-refractivity contribution in [3.63, 3.8) is 0 Å². The summed E-state index contributed by atoms with van der Waals surface area (Å²) in [6, 6.07) is 12.3. The van der Waals surface area contributed by atoms with Crippen molar-refractivity contribution in [3.8, 4) is 0 Å². The van der Waals surface area contributed by atoms with Gasteiger partial charge in [0.25, 0.3) is 0 Å². The number of carbonyl (C=O) groups is 13. The molecular formula is C74H105N19O13. The Morgan fingerprint density at radius 2 is 1.08 bits per heavy atom. The molecule has 4 aliphatic heterocycles. The van der Waals surface area contributed by atoms with Crippen LogP contribution in [-0.2, 0) is 81.6 Å². The first kappa shape index (κ1) is 81.2. The van der Waals surface area contributed by atoms with Crippen molar-refractivity contribution in [2.75, 3.05) is 39.3 Å². The molecule has 0 bridgehead atoms. The van der Waals surface area contributed by atoms with Crippen LogP contribution in [0.5, 0.6) is 0 Å². The van der Waals surface area contributed by atoms with E-state index in [0.29, 0.717) is 56.1 Å². The smallest absolute Gasteiger partial charge is 0.249 e. The number of aromatic nitrogens is 1. The number of guanidine groups is 1. The highest BCUT2D eigenvalue weighted by Crippen LogP contribution is 2.41. The van der Waals surface area contributed by atoms with Gasteiger partial charge in [0.2, 0.25) is 76.8 Å². The predicted molar refractivity (Wildman–Crippen MR) is 393 cm³/mol. The fourth-order valence-electron chi connectivity index (χ4n) is 14.8. The Balaban J connectivity index is 0.990. The number of nitrogens with two attached hydrogens (primary N) is 7. The Labute approximate surface area is 616 Å². The number of benzene rings is 3. The number of nitrogens with one attached hydrogen (secondary N) is 7. The van der Waals surface area contributed by atoms with Gasteiger partial charge < -0.3 is 96.6 Å². The van der Waals surface area contributed by atoms with Crippen molar-refractivity contribution < 1.29 is 62.3 Å². The Bertz CT molecular complexity index is 3820.